The van der Waals surface area contributed by atoms with Gasteiger partial charge in [0, 0.05) is 23.6 Å². The van der Waals surface area contributed by atoms with Gasteiger partial charge in [0.15, 0.2) is 0 Å². The largest absolute Gasteiger partial charge is 0.388 e. The minimum Gasteiger partial charge on any atom is -0.388 e. The van der Waals surface area contributed by atoms with Crippen LogP contribution in [0.15, 0.2) is 30.5 Å². The van der Waals surface area contributed by atoms with Crippen LogP contribution in [0.4, 0.5) is 0 Å². The molecule has 5 N–H and O–H groups in total. The van der Waals surface area contributed by atoms with Crippen molar-refractivity contribution >= 4 is 16.8 Å². The number of aromatic nitrogens is 1. The Morgan fingerprint density at radius 3 is 2.90 bits per heavy atom. The van der Waals surface area contributed by atoms with Crippen LogP contribution in [-0.4, -0.2) is 34.2 Å². The van der Waals surface area contributed by atoms with Crippen LogP contribution in [0.5, 0.6) is 0 Å². The Morgan fingerprint density at radius 1 is 1.43 bits per heavy atom. The predicted octanol–water partition coefficient (Wildman–Crippen LogP) is 1.07. The molecule has 0 radical (unpaired) electrons. The van der Waals surface area contributed by atoms with Crippen molar-refractivity contribution in [3.05, 3.63) is 36.0 Å². The van der Waals surface area contributed by atoms with Crippen molar-refractivity contribution in [3.63, 3.8) is 0 Å². The number of aromatic amines is 1. The molecule has 0 bridgehead atoms. The van der Waals surface area contributed by atoms with Crippen LogP contribution in [0.3, 0.4) is 0 Å². The van der Waals surface area contributed by atoms with Gasteiger partial charge >= 0.3 is 0 Å². The van der Waals surface area contributed by atoms with E-state index in [1.54, 1.807) is 0 Å². The van der Waals surface area contributed by atoms with Gasteiger partial charge < -0.3 is 21.1 Å². The van der Waals surface area contributed by atoms with Crippen molar-refractivity contribution < 1.29 is 9.90 Å². The van der Waals surface area contributed by atoms with Crippen LogP contribution in [-0.2, 0) is 11.2 Å². The van der Waals surface area contributed by atoms with Crippen molar-refractivity contribution in [1.82, 2.24) is 10.3 Å². The Labute approximate surface area is 123 Å². The van der Waals surface area contributed by atoms with E-state index in [1.807, 2.05) is 30.5 Å². The van der Waals surface area contributed by atoms with E-state index < -0.39 is 11.6 Å². The molecule has 5 nitrogen and oxygen atoms in total. The number of hydrogen-bond donors (Lipinski definition) is 4. The average molecular weight is 287 g/mol. The third-order valence-electron chi connectivity index (χ3n) is 4.33. The fourth-order valence-electron chi connectivity index (χ4n) is 2.77. The SMILES string of the molecule is N[C@H](Cc1c[nH]c2ccccc12)C(=O)NCC1(O)CCC1. The number of rotatable bonds is 5. The number of aliphatic hydroxyl groups is 1. The molecule has 3 rings (SSSR count). The normalized spacial score (nSPS) is 18.2. The highest BCUT2D eigenvalue weighted by atomic mass is 16.3. The Kier molecular flexibility index (Phi) is 3.69. The zero-order valence-corrected chi connectivity index (χ0v) is 11.9. The molecule has 0 saturated heterocycles. The molecule has 2 aromatic rings. The van der Waals surface area contributed by atoms with E-state index in [0.29, 0.717) is 13.0 Å². The van der Waals surface area contributed by atoms with Crippen LogP contribution < -0.4 is 11.1 Å². The molecule has 112 valence electrons. The van der Waals surface area contributed by atoms with E-state index in [2.05, 4.69) is 10.3 Å². The molecular formula is C16H21N3O2. The molecular weight excluding hydrogens is 266 g/mol. The molecule has 1 aliphatic rings. The van der Waals surface area contributed by atoms with Gasteiger partial charge in [-0.2, -0.15) is 0 Å². The number of nitrogens with two attached hydrogens (primary N) is 1. The molecule has 1 fully saturated rings. The number of carbonyl (C=O) groups excluding carboxylic acids is 1. The summed E-state index contributed by atoms with van der Waals surface area (Å²) in [6.45, 7) is 0.299. The first-order chi connectivity index (χ1) is 10.1. The Hall–Kier alpha value is -1.85. The topological polar surface area (TPSA) is 91.1 Å². The van der Waals surface area contributed by atoms with E-state index in [0.717, 1.165) is 35.7 Å². The molecule has 1 aromatic carbocycles. The summed E-state index contributed by atoms with van der Waals surface area (Å²) in [4.78, 5) is 15.2. The van der Waals surface area contributed by atoms with E-state index >= 15 is 0 Å². The maximum Gasteiger partial charge on any atom is 0.237 e. The van der Waals surface area contributed by atoms with Crippen LogP contribution >= 0.6 is 0 Å². The minimum atomic E-state index is -0.712. The fourth-order valence-corrected chi connectivity index (χ4v) is 2.77. The molecule has 1 amide bonds. The Morgan fingerprint density at radius 2 is 2.19 bits per heavy atom. The lowest BCUT2D eigenvalue weighted by Crippen LogP contribution is -2.51. The molecule has 21 heavy (non-hydrogen) atoms. The van der Waals surface area contributed by atoms with Gasteiger partial charge in [0.2, 0.25) is 5.91 Å². The molecule has 0 unspecified atom stereocenters. The number of para-hydroxylation sites is 1. The zero-order chi connectivity index (χ0) is 14.9. The summed E-state index contributed by atoms with van der Waals surface area (Å²) in [5, 5.41) is 13.8. The lowest BCUT2D eigenvalue weighted by molar-refractivity contribution is -0.124. The third kappa shape index (κ3) is 2.94. The van der Waals surface area contributed by atoms with Crippen LogP contribution in [0.2, 0.25) is 0 Å². The Balaban J connectivity index is 1.60. The maximum absolute atomic E-state index is 12.0. The van der Waals surface area contributed by atoms with Gasteiger partial charge in [-0.3, -0.25) is 4.79 Å². The first kappa shape index (κ1) is 14.1. The van der Waals surface area contributed by atoms with Crippen LogP contribution in [0.1, 0.15) is 24.8 Å². The number of amides is 1. The zero-order valence-electron chi connectivity index (χ0n) is 11.9. The standard InChI is InChI=1S/C16H21N3O2/c17-13(15(20)19-10-16(21)6-3-7-16)8-11-9-18-14-5-2-1-4-12(11)14/h1-2,4-5,9,13,18,21H,3,6-8,10,17H2,(H,19,20)/t13-/m1/s1. The van der Waals surface area contributed by atoms with Gasteiger partial charge in [-0.05, 0) is 37.3 Å². The van der Waals surface area contributed by atoms with E-state index in [-0.39, 0.29) is 5.91 Å². The van der Waals surface area contributed by atoms with Crippen molar-refractivity contribution in [2.45, 2.75) is 37.3 Å². The summed E-state index contributed by atoms with van der Waals surface area (Å²) in [7, 11) is 0. The second-order valence-electron chi connectivity index (χ2n) is 5.97. The summed E-state index contributed by atoms with van der Waals surface area (Å²) >= 11 is 0. The maximum atomic E-state index is 12.0. The lowest BCUT2D eigenvalue weighted by atomic mass is 9.80. The van der Waals surface area contributed by atoms with Gasteiger partial charge in [-0.25, -0.2) is 0 Å². The summed E-state index contributed by atoms with van der Waals surface area (Å²) in [5.41, 5.74) is 7.35. The number of hydrogen-bond acceptors (Lipinski definition) is 3. The molecule has 1 heterocycles. The van der Waals surface area contributed by atoms with E-state index in [9.17, 15) is 9.90 Å². The first-order valence-electron chi connectivity index (χ1n) is 7.38. The summed E-state index contributed by atoms with van der Waals surface area (Å²) in [5.74, 6) is -0.208. The molecule has 0 spiro atoms. The summed E-state index contributed by atoms with van der Waals surface area (Å²) in [6.07, 6.45) is 4.91. The highest BCUT2D eigenvalue weighted by Gasteiger charge is 2.34. The smallest absolute Gasteiger partial charge is 0.237 e. The van der Waals surface area contributed by atoms with Crippen molar-refractivity contribution in [1.29, 1.82) is 0 Å². The number of carbonyl (C=O) groups is 1. The van der Waals surface area contributed by atoms with E-state index in [1.165, 1.54) is 0 Å². The lowest BCUT2D eigenvalue weighted by Gasteiger charge is -2.36. The van der Waals surface area contributed by atoms with Crippen LogP contribution in [0.25, 0.3) is 10.9 Å². The third-order valence-corrected chi connectivity index (χ3v) is 4.33. The quantitative estimate of drug-likeness (QED) is 0.663. The van der Waals surface area contributed by atoms with Crippen molar-refractivity contribution in [2.75, 3.05) is 6.54 Å². The average Bonchev–Trinajstić information content (AvgIpc) is 2.86. The Bertz CT molecular complexity index is 646. The molecule has 1 aliphatic carbocycles. The van der Waals surface area contributed by atoms with Crippen molar-refractivity contribution in [2.24, 2.45) is 5.73 Å². The summed E-state index contributed by atoms with van der Waals surface area (Å²) in [6, 6.07) is 7.35. The van der Waals surface area contributed by atoms with Gasteiger partial charge in [0.1, 0.15) is 0 Å². The number of nitrogens with one attached hydrogen (secondary N) is 2. The monoisotopic (exact) mass is 287 g/mol. The summed E-state index contributed by atoms with van der Waals surface area (Å²) < 4.78 is 0. The molecule has 1 aromatic heterocycles. The van der Waals surface area contributed by atoms with Gasteiger partial charge in [0.25, 0.3) is 0 Å². The second-order valence-corrected chi connectivity index (χ2v) is 5.97. The molecule has 0 aliphatic heterocycles. The highest BCUT2D eigenvalue weighted by Crippen LogP contribution is 2.30. The number of H-pyrrole nitrogens is 1. The highest BCUT2D eigenvalue weighted by molar-refractivity contribution is 5.86. The van der Waals surface area contributed by atoms with Crippen molar-refractivity contribution in [3.8, 4) is 0 Å². The van der Waals surface area contributed by atoms with Gasteiger partial charge in [-0.15, -0.1) is 0 Å². The van der Waals surface area contributed by atoms with Crippen LogP contribution in [0, 0.1) is 0 Å². The minimum absolute atomic E-state index is 0.208. The predicted molar refractivity (Wildman–Crippen MR) is 81.8 cm³/mol. The molecule has 1 atom stereocenters. The van der Waals surface area contributed by atoms with Gasteiger partial charge in [-0.1, -0.05) is 18.2 Å². The molecule has 5 heteroatoms. The number of benzene rings is 1. The first-order valence-corrected chi connectivity index (χ1v) is 7.38. The van der Waals surface area contributed by atoms with Gasteiger partial charge in [0.05, 0.1) is 11.6 Å². The second kappa shape index (κ2) is 5.50. The number of fused-ring (bicyclic) bond motifs is 1. The molecule has 1 saturated carbocycles. The fraction of sp³-hybridized carbons (Fsp3) is 0.438. The van der Waals surface area contributed by atoms with E-state index in [4.69, 9.17) is 5.73 Å².